The van der Waals surface area contributed by atoms with Gasteiger partial charge < -0.3 is 20.9 Å². The molecule has 1 atom stereocenters. The highest BCUT2D eigenvalue weighted by Gasteiger charge is 2.19. The minimum atomic E-state index is -0.664. The van der Waals surface area contributed by atoms with Gasteiger partial charge in [-0.05, 0) is 5.56 Å². The number of nitrogens with zero attached hydrogens (tertiary/aromatic N) is 6. The average molecular weight is 518 g/mol. The van der Waals surface area contributed by atoms with Crippen LogP contribution in [0.1, 0.15) is 28.8 Å². The number of likely N-dealkylation sites (N-methyl/N-ethyl adjacent to an activating group) is 1. The lowest BCUT2D eigenvalue weighted by molar-refractivity contribution is -0.126. The van der Waals surface area contributed by atoms with E-state index in [2.05, 4.69) is 40.9 Å². The summed E-state index contributed by atoms with van der Waals surface area (Å²) < 4.78 is 14.4. The van der Waals surface area contributed by atoms with Gasteiger partial charge in [-0.2, -0.15) is 0 Å². The second-order valence-corrected chi connectivity index (χ2v) is 8.81. The Morgan fingerprint density at radius 3 is 2.50 bits per heavy atom. The number of para-hydroxylation sites is 1. The van der Waals surface area contributed by atoms with Crippen LogP contribution < -0.4 is 16.0 Å². The molecule has 0 aliphatic heterocycles. The van der Waals surface area contributed by atoms with Gasteiger partial charge in [0.05, 0.1) is 29.5 Å². The molecular weight excluding hydrogens is 489 g/mol. The summed E-state index contributed by atoms with van der Waals surface area (Å²) in [5.74, 6) is -0.341. The van der Waals surface area contributed by atoms with Crippen molar-refractivity contribution in [2.45, 2.75) is 12.8 Å². The molecule has 196 valence electrons. The molecule has 1 aromatic carbocycles. The van der Waals surface area contributed by atoms with Crippen molar-refractivity contribution in [2.24, 2.45) is 0 Å². The third-order valence-corrected chi connectivity index (χ3v) is 5.97. The highest BCUT2D eigenvalue weighted by atomic mass is 19.1. The van der Waals surface area contributed by atoms with Crippen molar-refractivity contribution in [1.29, 1.82) is 0 Å². The summed E-state index contributed by atoms with van der Waals surface area (Å²) in [6, 6.07) is 7.19. The monoisotopic (exact) mass is 517 g/mol. The van der Waals surface area contributed by atoms with Crippen LogP contribution in [-0.4, -0.2) is 75.9 Å². The Kier molecular flexibility index (Phi) is 8.00. The molecule has 2 amide bonds. The number of anilines is 2. The van der Waals surface area contributed by atoms with Crippen LogP contribution in [0.25, 0.3) is 22.2 Å². The van der Waals surface area contributed by atoms with Crippen LogP contribution in [0.2, 0.25) is 0 Å². The van der Waals surface area contributed by atoms with Crippen LogP contribution in [-0.2, 0) is 4.79 Å². The van der Waals surface area contributed by atoms with Crippen molar-refractivity contribution in [2.75, 3.05) is 44.9 Å². The minimum Gasteiger partial charge on any atom is -0.369 e. The zero-order chi connectivity index (χ0) is 27.2. The number of amides is 2. The number of benzene rings is 1. The molecule has 0 saturated heterocycles. The van der Waals surface area contributed by atoms with Gasteiger partial charge in [0.1, 0.15) is 12.1 Å². The van der Waals surface area contributed by atoms with Gasteiger partial charge in [0.2, 0.25) is 11.9 Å². The largest absolute Gasteiger partial charge is 0.369 e. The molecule has 0 unspecified atom stereocenters. The van der Waals surface area contributed by atoms with Gasteiger partial charge in [-0.15, -0.1) is 0 Å². The summed E-state index contributed by atoms with van der Waals surface area (Å²) in [7, 11) is 4.82. The number of aromatic nitrogens is 5. The number of pyridine rings is 1. The summed E-state index contributed by atoms with van der Waals surface area (Å²) in [4.78, 5) is 46.9. The lowest BCUT2D eigenvalue weighted by Gasteiger charge is -2.17. The number of nitrogens with one attached hydrogen (secondary N) is 3. The Balaban J connectivity index is 1.47. The highest BCUT2D eigenvalue weighted by molar-refractivity contribution is 6.06. The standard InChI is InChI=1S/C26H28FN9O2/c1-15(17-6-5-7-18-23(25(38)28-2)19(27)12-30-24(17)18)9-29-21-8-20(34-14-35-21)16-10-31-26(32-11-16)33-13-22(37)36(3)4/h5-8,10-12,14-15H,9,13H2,1-4H3,(H,28,38)(H,29,34,35)(H,31,32,33)/t15-/m1/s1. The van der Waals surface area contributed by atoms with Crippen LogP contribution >= 0.6 is 0 Å². The maximum Gasteiger partial charge on any atom is 0.254 e. The van der Waals surface area contributed by atoms with Crippen molar-refractivity contribution < 1.29 is 14.0 Å². The van der Waals surface area contributed by atoms with Crippen LogP contribution in [0, 0.1) is 5.82 Å². The quantitative estimate of drug-likeness (QED) is 0.306. The van der Waals surface area contributed by atoms with E-state index in [1.165, 1.54) is 18.3 Å². The van der Waals surface area contributed by atoms with Gasteiger partial charge in [0, 0.05) is 63.0 Å². The topological polar surface area (TPSA) is 138 Å². The maximum absolute atomic E-state index is 14.4. The second kappa shape index (κ2) is 11.5. The number of carbonyl (C=O) groups is 2. The lowest BCUT2D eigenvalue weighted by Crippen LogP contribution is -2.29. The summed E-state index contributed by atoms with van der Waals surface area (Å²) in [6.45, 7) is 2.61. The highest BCUT2D eigenvalue weighted by Crippen LogP contribution is 2.28. The second-order valence-electron chi connectivity index (χ2n) is 8.81. The molecule has 0 aliphatic rings. The van der Waals surface area contributed by atoms with Gasteiger partial charge in [0.15, 0.2) is 5.82 Å². The van der Waals surface area contributed by atoms with Gasteiger partial charge in [-0.1, -0.05) is 25.1 Å². The first-order valence-corrected chi connectivity index (χ1v) is 11.9. The van der Waals surface area contributed by atoms with Crippen LogP contribution in [0.15, 0.2) is 49.2 Å². The normalized spacial score (nSPS) is 11.6. The minimum absolute atomic E-state index is 0.0207. The van der Waals surface area contributed by atoms with Crippen LogP contribution in [0.4, 0.5) is 16.2 Å². The smallest absolute Gasteiger partial charge is 0.254 e. The fourth-order valence-electron chi connectivity index (χ4n) is 3.82. The fourth-order valence-corrected chi connectivity index (χ4v) is 3.82. The van der Waals surface area contributed by atoms with Gasteiger partial charge >= 0.3 is 0 Å². The maximum atomic E-state index is 14.4. The number of hydrogen-bond acceptors (Lipinski definition) is 9. The molecule has 12 heteroatoms. The lowest BCUT2D eigenvalue weighted by atomic mass is 9.96. The first-order chi connectivity index (χ1) is 18.3. The first kappa shape index (κ1) is 26.3. The Morgan fingerprint density at radius 1 is 1.03 bits per heavy atom. The van der Waals surface area contributed by atoms with Crippen LogP contribution in [0.3, 0.4) is 0 Å². The number of fused-ring (bicyclic) bond motifs is 1. The average Bonchev–Trinajstić information content (AvgIpc) is 2.94. The summed E-state index contributed by atoms with van der Waals surface area (Å²) >= 11 is 0. The van der Waals surface area contributed by atoms with Crippen molar-refractivity contribution in [3.63, 3.8) is 0 Å². The molecule has 0 bridgehead atoms. The number of halogens is 1. The third-order valence-electron chi connectivity index (χ3n) is 5.97. The molecule has 4 aromatic rings. The van der Waals surface area contributed by atoms with Gasteiger partial charge in [-0.3, -0.25) is 14.6 Å². The molecule has 0 spiro atoms. The van der Waals surface area contributed by atoms with E-state index in [9.17, 15) is 14.0 Å². The third kappa shape index (κ3) is 5.80. The zero-order valence-electron chi connectivity index (χ0n) is 21.5. The summed E-state index contributed by atoms with van der Waals surface area (Å²) in [5, 5.41) is 9.14. The van der Waals surface area contributed by atoms with E-state index in [1.54, 1.807) is 44.7 Å². The van der Waals surface area contributed by atoms with E-state index in [0.29, 0.717) is 40.5 Å². The molecule has 0 radical (unpaired) electrons. The van der Waals surface area contributed by atoms with Crippen LogP contribution in [0.5, 0.6) is 0 Å². The number of carbonyl (C=O) groups excluding carboxylic acids is 2. The molecule has 38 heavy (non-hydrogen) atoms. The van der Waals surface area contributed by atoms with Gasteiger partial charge in [-0.25, -0.2) is 24.3 Å². The SMILES string of the molecule is CNC(=O)c1c(F)cnc2c([C@H](C)CNc3cc(-c4cnc(NCC(=O)N(C)C)nc4)ncn3)cccc12. The Bertz CT molecular complexity index is 1460. The van der Waals surface area contributed by atoms with Crippen molar-refractivity contribution in [1.82, 2.24) is 35.1 Å². The summed E-state index contributed by atoms with van der Waals surface area (Å²) in [6.07, 6.45) is 5.77. The van der Waals surface area contributed by atoms with E-state index in [0.717, 1.165) is 11.8 Å². The summed E-state index contributed by atoms with van der Waals surface area (Å²) in [5.41, 5.74) is 2.74. The fraction of sp³-hybridized carbons (Fsp3) is 0.269. The molecular formula is C26H28FN9O2. The first-order valence-electron chi connectivity index (χ1n) is 11.9. The number of hydrogen-bond donors (Lipinski definition) is 3. The molecule has 0 saturated carbocycles. The van der Waals surface area contributed by atoms with E-state index >= 15 is 0 Å². The molecule has 0 aliphatic carbocycles. The van der Waals surface area contributed by atoms with Gasteiger partial charge in [0.25, 0.3) is 5.91 Å². The molecule has 11 nitrogen and oxygen atoms in total. The predicted octanol–water partition coefficient (Wildman–Crippen LogP) is 2.70. The van der Waals surface area contributed by atoms with E-state index in [1.807, 2.05) is 13.0 Å². The Morgan fingerprint density at radius 2 is 1.79 bits per heavy atom. The van der Waals surface area contributed by atoms with E-state index in [4.69, 9.17) is 0 Å². The van der Waals surface area contributed by atoms with Crippen molar-refractivity contribution >= 4 is 34.5 Å². The predicted molar refractivity (Wildman–Crippen MR) is 142 cm³/mol. The Hall–Kier alpha value is -4.74. The number of rotatable bonds is 9. The molecule has 0 fully saturated rings. The molecule has 3 N–H and O–H groups in total. The van der Waals surface area contributed by atoms with Crippen molar-refractivity contribution in [3.05, 3.63) is 66.1 Å². The van der Waals surface area contributed by atoms with E-state index in [-0.39, 0.29) is 23.9 Å². The molecule has 4 rings (SSSR count). The molecule has 3 heterocycles. The Labute approximate surface area is 219 Å². The van der Waals surface area contributed by atoms with E-state index < -0.39 is 11.7 Å². The van der Waals surface area contributed by atoms with Crippen molar-refractivity contribution in [3.8, 4) is 11.3 Å². The molecule has 3 aromatic heterocycles. The zero-order valence-corrected chi connectivity index (χ0v) is 21.5.